The maximum absolute atomic E-state index is 11.7. The predicted molar refractivity (Wildman–Crippen MR) is 76.6 cm³/mol. The monoisotopic (exact) mass is 332 g/mol. The van der Waals surface area contributed by atoms with Crippen LogP contribution in [-0.4, -0.2) is 16.5 Å². The van der Waals surface area contributed by atoms with E-state index in [1.54, 1.807) is 18.2 Å². The third kappa shape index (κ3) is 3.85. The largest absolute Gasteiger partial charge is 0.435 e. The summed E-state index contributed by atoms with van der Waals surface area (Å²) in [5.41, 5.74) is 0.541. The SMILES string of the molecule is C#CCOC(=O)N(c1ccccc1Br)N(S)S. The summed E-state index contributed by atoms with van der Waals surface area (Å²) in [6.45, 7) is -0.116. The van der Waals surface area contributed by atoms with Gasteiger partial charge in [0.05, 0.1) is 5.69 Å². The van der Waals surface area contributed by atoms with Gasteiger partial charge in [0, 0.05) is 4.47 Å². The molecule has 0 N–H and O–H groups in total. The summed E-state index contributed by atoms with van der Waals surface area (Å²) in [5, 5.41) is 1.12. The van der Waals surface area contributed by atoms with Gasteiger partial charge in [-0.25, -0.2) is 4.79 Å². The maximum atomic E-state index is 11.7. The molecule has 0 spiro atoms. The molecule has 1 aromatic rings. The molecule has 1 amide bonds. The van der Waals surface area contributed by atoms with Gasteiger partial charge in [-0.3, -0.25) is 0 Å². The van der Waals surface area contributed by atoms with Gasteiger partial charge in [-0.05, 0) is 28.1 Å². The summed E-state index contributed by atoms with van der Waals surface area (Å²) in [6, 6.07) is 7.08. The molecule has 4 nitrogen and oxygen atoms in total. The molecule has 0 unspecified atom stereocenters. The van der Waals surface area contributed by atoms with Gasteiger partial charge in [0.25, 0.3) is 0 Å². The van der Waals surface area contributed by atoms with Crippen LogP contribution < -0.4 is 5.01 Å². The number of carbonyl (C=O) groups is 1. The van der Waals surface area contributed by atoms with Crippen LogP contribution in [0.2, 0.25) is 0 Å². The zero-order valence-corrected chi connectivity index (χ0v) is 12.0. The Morgan fingerprint density at radius 1 is 1.47 bits per heavy atom. The third-order valence-corrected chi connectivity index (χ3v) is 2.74. The number of thiol groups is 2. The molecule has 0 aliphatic heterocycles. The number of para-hydroxylation sites is 1. The van der Waals surface area contributed by atoms with E-state index in [0.29, 0.717) is 10.2 Å². The predicted octanol–water partition coefficient (Wildman–Crippen LogP) is 2.93. The standard InChI is InChI=1S/C10H9BrN2O2S2/c1-2-7-15-10(14)12(13(16)17)9-6-4-3-5-8(9)11/h1,3-6,16-17H,7H2. The van der Waals surface area contributed by atoms with E-state index in [0.717, 1.165) is 8.83 Å². The van der Waals surface area contributed by atoms with Crippen molar-refractivity contribution in [3.8, 4) is 12.3 Å². The fourth-order valence-electron chi connectivity index (χ4n) is 1.06. The van der Waals surface area contributed by atoms with Gasteiger partial charge in [0.1, 0.15) is 0 Å². The molecule has 1 rings (SSSR count). The summed E-state index contributed by atoms with van der Waals surface area (Å²) in [6.07, 6.45) is 4.35. The van der Waals surface area contributed by atoms with Crippen molar-refractivity contribution in [2.75, 3.05) is 11.6 Å². The Balaban J connectivity index is 2.99. The first kappa shape index (κ1) is 14.3. The highest BCUT2D eigenvalue weighted by molar-refractivity contribution is 9.10. The normalized spacial score (nSPS) is 9.82. The second-order valence-electron chi connectivity index (χ2n) is 2.79. The lowest BCUT2D eigenvalue weighted by Gasteiger charge is -2.25. The topological polar surface area (TPSA) is 32.8 Å². The van der Waals surface area contributed by atoms with Gasteiger partial charge >= 0.3 is 6.09 Å². The fraction of sp³-hybridized carbons (Fsp3) is 0.100. The van der Waals surface area contributed by atoms with Gasteiger partial charge in [-0.15, -0.1) is 10.2 Å². The average molecular weight is 333 g/mol. The first-order valence-electron chi connectivity index (χ1n) is 4.40. The van der Waals surface area contributed by atoms with E-state index in [9.17, 15) is 4.79 Å². The minimum absolute atomic E-state index is 0.116. The lowest BCUT2D eigenvalue weighted by Crippen LogP contribution is -2.37. The number of amides is 1. The Kier molecular flexibility index (Phi) is 5.71. The van der Waals surface area contributed by atoms with E-state index < -0.39 is 6.09 Å². The van der Waals surface area contributed by atoms with E-state index in [2.05, 4.69) is 47.5 Å². The quantitative estimate of drug-likeness (QED) is 0.507. The molecule has 90 valence electrons. The molecule has 0 saturated carbocycles. The molecule has 17 heavy (non-hydrogen) atoms. The smallest absolute Gasteiger partial charge is 0.431 e. The fourth-order valence-corrected chi connectivity index (χ4v) is 1.85. The maximum Gasteiger partial charge on any atom is 0.431 e. The lowest BCUT2D eigenvalue weighted by molar-refractivity contribution is 0.163. The summed E-state index contributed by atoms with van der Waals surface area (Å²) >= 11 is 11.2. The molecule has 0 atom stereocenters. The van der Waals surface area contributed by atoms with E-state index in [-0.39, 0.29) is 6.61 Å². The number of rotatable bonds is 3. The van der Waals surface area contributed by atoms with Crippen LogP contribution >= 0.6 is 41.6 Å². The number of halogens is 1. The third-order valence-electron chi connectivity index (χ3n) is 1.71. The zero-order valence-electron chi connectivity index (χ0n) is 8.58. The van der Waals surface area contributed by atoms with Crippen molar-refractivity contribution in [1.82, 2.24) is 3.82 Å². The number of hydrazine groups is 1. The van der Waals surface area contributed by atoms with Crippen molar-refractivity contribution in [2.45, 2.75) is 0 Å². The van der Waals surface area contributed by atoms with Gasteiger partial charge in [-0.2, -0.15) is 5.01 Å². The number of hydrogen-bond acceptors (Lipinski definition) is 5. The number of nitrogens with zero attached hydrogens (tertiary/aromatic N) is 2. The molecular formula is C10H9BrN2O2S2. The molecule has 0 saturated heterocycles. The Morgan fingerprint density at radius 3 is 2.65 bits per heavy atom. The van der Waals surface area contributed by atoms with Crippen molar-refractivity contribution >= 4 is 53.3 Å². The molecule has 0 bridgehead atoms. The van der Waals surface area contributed by atoms with Crippen LogP contribution in [0.15, 0.2) is 28.7 Å². The van der Waals surface area contributed by atoms with E-state index in [1.807, 2.05) is 6.07 Å². The van der Waals surface area contributed by atoms with Gasteiger partial charge < -0.3 is 4.74 Å². The summed E-state index contributed by atoms with van der Waals surface area (Å²) in [7, 11) is 0. The number of hydrogen-bond donors (Lipinski definition) is 2. The molecule has 1 aromatic carbocycles. The summed E-state index contributed by atoms with van der Waals surface area (Å²) in [5.74, 6) is 2.21. The average Bonchev–Trinajstić information content (AvgIpc) is 2.29. The minimum atomic E-state index is -0.667. The number of ether oxygens (including phenoxy) is 1. The number of carbonyl (C=O) groups excluding carboxylic acids is 1. The highest BCUT2D eigenvalue weighted by atomic mass is 79.9. The number of anilines is 1. The van der Waals surface area contributed by atoms with Crippen LogP contribution in [0.3, 0.4) is 0 Å². The number of terminal acetylenes is 1. The Labute approximate surface area is 119 Å². The van der Waals surface area contributed by atoms with Gasteiger partial charge in [0.2, 0.25) is 0 Å². The molecule has 0 fully saturated rings. The molecule has 0 aromatic heterocycles. The van der Waals surface area contributed by atoms with Crippen LogP contribution in [-0.2, 0) is 4.74 Å². The second kappa shape index (κ2) is 6.81. The van der Waals surface area contributed by atoms with Crippen molar-refractivity contribution in [1.29, 1.82) is 0 Å². The molecule has 7 heteroatoms. The molecule has 0 aliphatic carbocycles. The Bertz CT molecular complexity index is 448. The van der Waals surface area contributed by atoms with E-state index >= 15 is 0 Å². The molecule has 0 heterocycles. The first-order chi connectivity index (χ1) is 8.07. The summed E-state index contributed by atoms with van der Waals surface area (Å²) < 4.78 is 6.53. The Morgan fingerprint density at radius 2 is 2.12 bits per heavy atom. The van der Waals surface area contributed by atoms with Crippen molar-refractivity contribution in [2.24, 2.45) is 0 Å². The highest BCUT2D eigenvalue weighted by Gasteiger charge is 2.22. The summed E-state index contributed by atoms with van der Waals surface area (Å²) in [4.78, 5) is 11.7. The van der Waals surface area contributed by atoms with Gasteiger partial charge in [0.15, 0.2) is 6.61 Å². The van der Waals surface area contributed by atoms with Crippen LogP contribution in [0.25, 0.3) is 0 Å². The van der Waals surface area contributed by atoms with Crippen molar-refractivity contribution in [3.63, 3.8) is 0 Å². The minimum Gasteiger partial charge on any atom is -0.435 e. The second-order valence-corrected chi connectivity index (χ2v) is 4.72. The first-order valence-corrected chi connectivity index (χ1v) is 6.00. The Hall–Kier alpha value is -0.810. The van der Waals surface area contributed by atoms with Crippen LogP contribution in [0.4, 0.5) is 10.5 Å². The zero-order chi connectivity index (χ0) is 12.8. The van der Waals surface area contributed by atoms with Crippen LogP contribution in [0.1, 0.15) is 0 Å². The highest BCUT2D eigenvalue weighted by Crippen LogP contribution is 2.28. The van der Waals surface area contributed by atoms with Crippen LogP contribution in [0, 0.1) is 12.3 Å². The van der Waals surface area contributed by atoms with Crippen molar-refractivity contribution < 1.29 is 9.53 Å². The van der Waals surface area contributed by atoms with Crippen molar-refractivity contribution in [3.05, 3.63) is 28.7 Å². The lowest BCUT2D eigenvalue weighted by atomic mass is 10.3. The van der Waals surface area contributed by atoms with Gasteiger partial charge in [-0.1, -0.05) is 43.7 Å². The van der Waals surface area contributed by atoms with E-state index in [1.165, 1.54) is 0 Å². The molecular weight excluding hydrogens is 324 g/mol. The molecule has 0 aliphatic rings. The van der Waals surface area contributed by atoms with Crippen LogP contribution in [0.5, 0.6) is 0 Å². The van der Waals surface area contributed by atoms with E-state index in [4.69, 9.17) is 11.2 Å². The molecule has 0 radical (unpaired) electrons. The number of benzene rings is 1.